The molecule has 1 heterocycles. The third kappa shape index (κ3) is 4.10. The van der Waals surface area contributed by atoms with E-state index in [1.807, 2.05) is 16.9 Å². The minimum Gasteiger partial charge on any atom is -0.390 e. The van der Waals surface area contributed by atoms with Gasteiger partial charge in [0.2, 0.25) is 0 Å². The van der Waals surface area contributed by atoms with E-state index in [-0.39, 0.29) is 6.10 Å². The SMILES string of the molecule is CCCC(OC)C(O)Cc1ccn(C(C)CC)n1. The van der Waals surface area contributed by atoms with Crippen molar-refractivity contribution >= 4 is 0 Å². The molecule has 1 aromatic rings. The number of methoxy groups -OCH3 is 1. The molecule has 0 aliphatic rings. The summed E-state index contributed by atoms with van der Waals surface area (Å²) in [5.41, 5.74) is 0.931. The van der Waals surface area contributed by atoms with Crippen molar-refractivity contribution in [1.29, 1.82) is 0 Å². The molecular formula is C14H26N2O2. The quantitative estimate of drug-likeness (QED) is 0.775. The lowest BCUT2D eigenvalue weighted by Gasteiger charge is -2.20. The highest BCUT2D eigenvalue weighted by Gasteiger charge is 2.19. The van der Waals surface area contributed by atoms with Crippen LogP contribution in [0.5, 0.6) is 0 Å². The van der Waals surface area contributed by atoms with Gasteiger partial charge in [-0.25, -0.2) is 0 Å². The zero-order valence-electron chi connectivity index (χ0n) is 12.0. The van der Waals surface area contributed by atoms with Crippen molar-refractivity contribution in [2.24, 2.45) is 0 Å². The highest BCUT2D eigenvalue weighted by atomic mass is 16.5. The first-order valence-corrected chi connectivity index (χ1v) is 6.87. The fourth-order valence-corrected chi connectivity index (χ4v) is 2.02. The van der Waals surface area contributed by atoms with Crippen LogP contribution in [0.4, 0.5) is 0 Å². The molecule has 18 heavy (non-hydrogen) atoms. The van der Waals surface area contributed by atoms with Crippen molar-refractivity contribution in [2.45, 2.75) is 64.7 Å². The van der Waals surface area contributed by atoms with Crippen LogP contribution in [0.1, 0.15) is 51.8 Å². The van der Waals surface area contributed by atoms with Crippen LogP contribution < -0.4 is 0 Å². The minimum absolute atomic E-state index is 0.0938. The number of nitrogens with zero attached hydrogens (tertiary/aromatic N) is 2. The Bertz CT molecular complexity index is 338. The molecule has 0 aliphatic carbocycles. The normalized spacial score (nSPS) is 16.5. The molecule has 0 aliphatic heterocycles. The first-order chi connectivity index (χ1) is 8.62. The topological polar surface area (TPSA) is 47.3 Å². The fourth-order valence-electron chi connectivity index (χ4n) is 2.02. The summed E-state index contributed by atoms with van der Waals surface area (Å²) < 4.78 is 7.28. The monoisotopic (exact) mass is 254 g/mol. The summed E-state index contributed by atoms with van der Waals surface area (Å²) >= 11 is 0. The second kappa shape index (κ2) is 7.54. The second-order valence-corrected chi connectivity index (χ2v) is 4.88. The summed E-state index contributed by atoms with van der Waals surface area (Å²) in [5.74, 6) is 0. The van der Waals surface area contributed by atoms with Crippen molar-refractivity contribution in [3.05, 3.63) is 18.0 Å². The van der Waals surface area contributed by atoms with E-state index in [2.05, 4.69) is 25.9 Å². The van der Waals surface area contributed by atoms with Crippen molar-refractivity contribution in [3.8, 4) is 0 Å². The summed E-state index contributed by atoms with van der Waals surface area (Å²) in [4.78, 5) is 0. The Labute approximate surface area is 110 Å². The molecular weight excluding hydrogens is 228 g/mol. The second-order valence-electron chi connectivity index (χ2n) is 4.88. The molecule has 0 saturated carbocycles. The van der Waals surface area contributed by atoms with Gasteiger partial charge in [0.25, 0.3) is 0 Å². The van der Waals surface area contributed by atoms with Gasteiger partial charge in [-0.2, -0.15) is 5.10 Å². The van der Waals surface area contributed by atoms with E-state index in [9.17, 15) is 5.11 Å². The number of rotatable bonds is 8. The van der Waals surface area contributed by atoms with Crippen molar-refractivity contribution < 1.29 is 9.84 Å². The molecule has 3 atom stereocenters. The molecule has 1 rings (SSSR count). The number of hydrogen-bond donors (Lipinski definition) is 1. The van der Waals surface area contributed by atoms with Gasteiger partial charge in [-0.05, 0) is 25.8 Å². The van der Waals surface area contributed by atoms with Crippen LogP contribution in [0, 0.1) is 0 Å². The molecule has 104 valence electrons. The molecule has 0 amide bonds. The summed E-state index contributed by atoms with van der Waals surface area (Å²) in [6.07, 6.45) is 4.92. The molecule has 0 fully saturated rings. The predicted octanol–water partition coefficient (Wildman–Crippen LogP) is 2.57. The molecule has 1 aromatic heterocycles. The van der Waals surface area contributed by atoms with E-state index in [4.69, 9.17) is 4.74 Å². The molecule has 0 spiro atoms. The maximum Gasteiger partial charge on any atom is 0.0857 e. The van der Waals surface area contributed by atoms with Gasteiger partial charge < -0.3 is 9.84 Å². The highest BCUT2D eigenvalue weighted by molar-refractivity contribution is 5.02. The minimum atomic E-state index is -0.477. The van der Waals surface area contributed by atoms with Crippen LogP contribution in [-0.4, -0.2) is 34.2 Å². The largest absolute Gasteiger partial charge is 0.390 e. The Morgan fingerprint density at radius 3 is 2.72 bits per heavy atom. The zero-order valence-corrected chi connectivity index (χ0v) is 12.0. The zero-order chi connectivity index (χ0) is 13.5. The Kier molecular flexibility index (Phi) is 6.36. The van der Waals surface area contributed by atoms with Crippen LogP contribution in [0.2, 0.25) is 0 Å². The Balaban J connectivity index is 2.58. The Hall–Kier alpha value is -0.870. The van der Waals surface area contributed by atoms with Crippen molar-refractivity contribution in [2.75, 3.05) is 7.11 Å². The summed E-state index contributed by atoms with van der Waals surface area (Å²) in [5, 5.41) is 14.6. The summed E-state index contributed by atoms with van der Waals surface area (Å²) in [6, 6.07) is 2.39. The lowest BCUT2D eigenvalue weighted by atomic mass is 10.0. The van der Waals surface area contributed by atoms with Gasteiger partial charge in [0.1, 0.15) is 0 Å². The smallest absolute Gasteiger partial charge is 0.0857 e. The lowest BCUT2D eigenvalue weighted by Crippen LogP contribution is -2.30. The van der Waals surface area contributed by atoms with E-state index >= 15 is 0 Å². The highest BCUT2D eigenvalue weighted by Crippen LogP contribution is 2.13. The van der Waals surface area contributed by atoms with Crippen molar-refractivity contribution in [3.63, 3.8) is 0 Å². The molecule has 4 heteroatoms. The van der Waals surface area contributed by atoms with Gasteiger partial charge in [0.15, 0.2) is 0 Å². The molecule has 1 N–H and O–H groups in total. The standard InChI is InChI=1S/C14H26N2O2/c1-5-7-14(18-4)13(17)10-12-8-9-16(15-12)11(3)6-2/h8-9,11,13-14,17H,5-7,10H2,1-4H3. The first kappa shape index (κ1) is 15.2. The molecule has 4 nitrogen and oxygen atoms in total. The van der Waals surface area contributed by atoms with Crippen LogP contribution in [0.25, 0.3) is 0 Å². The number of aliphatic hydroxyl groups excluding tert-OH is 1. The van der Waals surface area contributed by atoms with Crippen LogP contribution in [0.15, 0.2) is 12.3 Å². The van der Waals surface area contributed by atoms with E-state index in [0.717, 1.165) is 25.0 Å². The number of hydrogen-bond acceptors (Lipinski definition) is 3. The first-order valence-electron chi connectivity index (χ1n) is 6.87. The van der Waals surface area contributed by atoms with Crippen LogP contribution in [0.3, 0.4) is 0 Å². The third-order valence-electron chi connectivity index (χ3n) is 3.43. The van der Waals surface area contributed by atoms with E-state index in [1.165, 1.54) is 0 Å². The average molecular weight is 254 g/mol. The molecule has 0 radical (unpaired) electrons. The fraction of sp³-hybridized carbons (Fsp3) is 0.786. The maximum absolute atomic E-state index is 10.1. The van der Waals surface area contributed by atoms with Crippen LogP contribution in [-0.2, 0) is 11.2 Å². The molecule has 3 unspecified atom stereocenters. The van der Waals surface area contributed by atoms with Gasteiger partial charge in [-0.3, -0.25) is 4.68 Å². The summed E-state index contributed by atoms with van der Waals surface area (Å²) in [7, 11) is 1.65. The van der Waals surface area contributed by atoms with Gasteiger partial charge >= 0.3 is 0 Å². The lowest BCUT2D eigenvalue weighted by molar-refractivity contribution is -0.0164. The van der Waals surface area contributed by atoms with Crippen LogP contribution >= 0.6 is 0 Å². The van der Waals surface area contributed by atoms with Gasteiger partial charge in [-0.1, -0.05) is 20.3 Å². The Morgan fingerprint density at radius 2 is 2.17 bits per heavy atom. The van der Waals surface area contributed by atoms with Gasteiger partial charge in [0.05, 0.1) is 17.9 Å². The molecule has 0 aromatic carbocycles. The van der Waals surface area contributed by atoms with Crippen molar-refractivity contribution in [1.82, 2.24) is 9.78 Å². The molecule has 0 bridgehead atoms. The number of ether oxygens (including phenoxy) is 1. The van der Waals surface area contributed by atoms with E-state index in [0.29, 0.717) is 12.5 Å². The summed E-state index contributed by atoms with van der Waals surface area (Å²) in [6.45, 7) is 6.38. The third-order valence-corrected chi connectivity index (χ3v) is 3.43. The number of aromatic nitrogens is 2. The predicted molar refractivity (Wildman–Crippen MR) is 72.6 cm³/mol. The molecule has 0 saturated heterocycles. The van der Waals surface area contributed by atoms with E-state index < -0.39 is 6.10 Å². The maximum atomic E-state index is 10.1. The Morgan fingerprint density at radius 1 is 1.44 bits per heavy atom. The average Bonchev–Trinajstić information content (AvgIpc) is 2.83. The van der Waals surface area contributed by atoms with Gasteiger partial charge in [-0.15, -0.1) is 0 Å². The van der Waals surface area contributed by atoms with E-state index in [1.54, 1.807) is 7.11 Å². The van der Waals surface area contributed by atoms with Gasteiger partial charge in [0, 0.05) is 25.8 Å². The number of aliphatic hydroxyl groups is 1.